The number of carbonyl (C=O) groups excluding carboxylic acids is 3. The summed E-state index contributed by atoms with van der Waals surface area (Å²) in [6, 6.07) is 0. The Morgan fingerprint density at radius 1 is 1.26 bits per heavy atom. The van der Waals surface area contributed by atoms with Crippen LogP contribution in [-0.4, -0.2) is 17.9 Å². The number of carbonyl (C=O) groups is 3. The lowest BCUT2D eigenvalue weighted by Gasteiger charge is -2.51. The summed E-state index contributed by atoms with van der Waals surface area (Å²) in [6.45, 7) is 6.33. The minimum atomic E-state index is -0.142. The van der Waals surface area contributed by atoms with Gasteiger partial charge >= 0.3 is 0 Å². The molecule has 4 aliphatic carbocycles. The zero-order chi connectivity index (χ0) is 19.4. The first-order valence-corrected chi connectivity index (χ1v) is 10.2. The molecule has 4 aliphatic rings. The zero-order valence-corrected chi connectivity index (χ0v) is 16.5. The molecule has 0 N–H and O–H groups in total. The maximum Gasteiger partial charge on any atom is 0.178 e. The first-order chi connectivity index (χ1) is 12.8. The second kappa shape index (κ2) is 6.25. The Bertz CT molecular complexity index is 853. The Morgan fingerprint density at radius 3 is 2.74 bits per heavy atom. The number of ketones is 2. The standard InChI is InChI=1S/C24H28O3/c1-4-22(27)18(14-25)20-8-7-19-17-6-5-15-13-16(26)9-11-23(15,2)21(17)10-12-24(19,20)3/h9-11,13-14,17,19H,4-8,12H2,1-3H3/t17-,19-,23-,24-/m0/s1. The number of Topliss-reactive ketones (excluding diaryl/α,β-unsaturated/α-hetero) is 1. The molecule has 27 heavy (non-hydrogen) atoms. The number of allylic oxidation sites excluding steroid dienone is 8. The highest BCUT2D eigenvalue weighted by Gasteiger charge is 2.54. The molecule has 2 fully saturated rings. The molecule has 0 heterocycles. The van der Waals surface area contributed by atoms with Crippen molar-refractivity contribution in [2.24, 2.45) is 22.7 Å². The number of hydrogen-bond donors (Lipinski definition) is 0. The van der Waals surface area contributed by atoms with Crippen LogP contribution < -0.4 is 0 Å². The van der Waals surface area contributed by atoms with Crippen LogP contribution in [0.1, 0.15) is 59.3 Å². The van der Waals surface area contributed by atoms with Crippen molar-refractivity contribution in [2.45, 2.75) is 59.3 Å². The normalized spacial score (nSPS) is 39.0. The lowest BCUT2D eigenvalue weighted by atomic mass is 9.52. The van der Waals surface area contributed by atoms with E-state index in [2.05, 4.69) is 26.0 Å². The van der Waals surface area contributed by atoms with Gasteiger partial charge in [-0.2, -0.15) is 0 Å². The van der Waals surface area contributed by atoms with Gasteiger partial charge in [-0.1, -0.05) is 37.1 Å². The highest BCUT2D eigenvalue weighted by atomic mass is 16.1. The molecule has 0 aliphatic heterocycles. The van der Waals surface area contributed by atoms with Crippen molar-refractivity contribution < 1.29 is 14.4 Å². The minimum Gasteiger partial charge on any atom is -0.298 e. The summed E-state index contributed by atoms with van der Waals surface area (Å²) < 4.78 is 0. The van der Waals surface area contributed by atoms with Crippen LogP contribution in [0.15, 0.2) is 46.6 Å². The smallest absolute Gasteiger partial charge is 0.178 e. The Kier molecular flexibility index (Phi) is 4.25. The zero-order valence-electron chi connectivity index (χ0n) is 16.5. The summed E-state index contributed by atoms with van der Waals surface area (Å²) in [5.41, 5.74) is 3.97. The molecule has 0 spiro atoms. The van der Waals surface area contributed by atoms with E-state index in [1.54, 1.807) is 6.08 Å². The third-order valence-corrected chi connectivity index (χ3v) is 7.80. The van der Waals surface area contributed by atoms with Gasteiger partial charge < -0.3 is 0 Å². The monoisotopic (exact) mass is 364 g/mol. The summed E-state index contributed by atoms with van der Waals surface area (Å²) in [6.07, 6.45) is 14.0. The number of fused-ring (bicyclic) bond motifs is 5. The van der Waals surface area contributed by atoms with E-state index in [9.17, 15) is 14.4 Å². The van der Waals surface area contributed by atoms with E-state index in [4.69, 9.17) is 0 Å². The first-order valence-electron chi connectivity index (χ1n) is 10.2. The lowest BCUT2D eigenvalue weighted by molar-refractivity contribution is -0.117. The van der Waals surface area contributed by atoms with Crippen LogP contribution in [0.25, 0.3) is 0 Å². The van der Waals surface area contributed by atoms with E-state index < -0.39 is 0 Å². The molecule has 3 heteroatoms. The summed E-state index contributed by atoms with van der Waals surface area (Å²) in [5, 5.41) is 0. The van der Waals surface area contributed by atoms with Crippen molar-refractivity contribution >= 4 is 17.9 Å². The Morgan fingerprint density at radius 2 is 2.04 bits per heavy atom. The van der Waals surface area contributed by atoms with Gasteiger partial charge in [0.15, 0.2) is 17.9 Å². The fourth-order valence-electron chi connectivity index (χ4n) is 6.28. The number of rotatable bonds is 3. The van der Waals surface area contributed by atoms with Gasteiger partial charge in [-0.3, -0.25) is 14.4 Å². The largest absolute Gasteiger partial charge is 0.298 e. The van der Waals surface area contributed by atoms with Gasteiger partial charge in [0.25, 0.3) is 0 Å². The fourth-order valence-corrected chi connectivity index (χ4v) is 6.28. The molecule has 0 radical (unpaired) electrons. The molecular weight excluding hydrogens is 336 g/mol. The summed E-state index contributed by atoms with van der Waals surface area (Å²) in [4.78, 5) is 35.9. The van der Waals surface area contributed by atoms with Crippen LogP contribution in [0.2, 0.25) is 0 Å². The second-order valence-corrected chi connectivity index (χ2v) is 8.97. The van der Waals surface area contributed by atoms with Crippen LogP contribution in [0, 0.1) is 22.7 Å². The van der Waals surface area contributed by atoms with E-state index in [1.807, 2.05) is 13.0 Å². The molecule has 0 amide bonds. The maximum atomic E-state index is 12.3. The van der Waals surface area contributed by atoms with Crippen LogP contribution in [0.3, 0.4) is 0 Å². The average molecular weight is 364 g/mol. The van der Waals surface area contributed by atoms with Crippen molar-refractivity contribution in [2.75, 3.05) is 0 Å². The molecule has 0 aromatic heterocycles. The molecule has 0 saturated heterocycles. The molecule has 0 aromatic rings. The molecular formula is C24H28O3. The van der Waals surface area contributed by atoms with Crippen molar-refractivity contribution in [3.8, 4) is 0 Å². The molecule has 4 rings (SSSR count). The van der Waals surface area contributed by atoms with Gasteiger partial charge in [-0.05, 0) is 74.0 Å². The highest BCUT2D eigenvalue weighted by Crippen LogP contribution is 2.64. The molecule has 3 nitrogen and oxygen atoms in total. The molecule has 2 saturated carbocycles. The van der Waals surface area contributed by atoms with Crippen LogP contribution >= 0.6 is 0 Å². The first kappa shape index (κ1) is 18.3. The summed E-state index contributed by atoms with van der Waals surface area (Å²) >= 11 is 0. The van der Waals surface area contributed by atoms with E-state index >= 15 is 0 Å². The quantitative estimate of drug-likeness (QED) is 0.240. The van der Waals surface area contributed by atoms with Gasteiger partial charge in [-0.25, -0.2) is 0 Å². The Hall–Kier alpha value is -2.03. The van der Waals surface area contributed by atoms with Crippen LogP contribution in [0.4, 0.5) is 0 Å². The van der Waals surface area contributed by atoms with Crippen molar-refractivity contribution in [3.63, 3.8) is 0 Å². The van der Waals surface area contributed by atoms with Crippen molar-refractivity contribution in [1.29, 1.82) is 0 Å². The topological polar surface area (TPSA) is 51.2 Å². The number of hydrogen-bond acceptors (Lipinski definition) is 3. The Balaban J connectivity index is 1.78. The second-order valence-electron chi connectivity index (χ2n) is 8.97. The molecule has 142 valence electrons. The molecule has 0 aromatic carbocycles. The summed E-state index contributed by atoms with van der Waals surface area (Å²) in [7, 11) is 0. The SMILES string of the molecule is CCC(=O)C(C=O)=C1CC[C@H]2[C@@H]3CCC4=CC(=O)C=C[C@]4(C)C3=CC[C@]12C. The van der Waals surface area contributed by atoms with Crippen molar-refractivity contribution in [1.82, 2.24) is 0 Å². The highest BCUT2D eigenvalue weighted by molar-refractivity contribution is 6.12. The van der Waals surface area contributed by atoms with Gasteiger partial charge in [0.1, 0.15) is 0 Å². The minimum absolute atomic E-state index is 0.0220. The third-order valence-electron chi connectivity index (χ3n) is 7.80. The van der Waals surface area contributed by atoms with Crippen LogP contribution in [-0.2, 0) is 14.4 Å². The molecule has 0 bridgehead atoms. The number of aldehydes is 1. The van der Waals surface area contributed by atoms with Crippen LogP contribution in [0.5, 0.6) is 0 Å². The van der Waals surface area contributed by atoms with Crippen molar-refractivity contribution in [3.05, 3.63) is 46.6 Å². The molecule has 4 atom stereocenters. The van der Waals surface area contributed by atoms with E-state index in [1.165, 1.54) is 11.1 Å². The van der Waals surface area contributed by atoms with Gasteiger partial charge in [-0.15, -0.1) is 0 Å². The van der Waals surface area contributed by atoms with Gasteiger partial charge in [0.05, 0.1) is 5.57 Å². The summed E-state index contributed by atoms with van der Waals surface area (Å²) in [5.74, 6) is 1.01. The third kappa shape index (κ3) is 2.50. The fraction of sp³-hybridized carbons (Fsp3) is 0.542. The predicted molar refractivity (Wildman–Crippen MR) is 105 cm³/mol. The predicted octanol–water partition coefficient (Wildman–Crippen LogP) is 4.69. The van der Waals surface area contributed by atoms with Gasteiger partial charge in [0, 0.05) is 11.8 Å². The Labute approximate surface area is 161 Å². The van der Waals surface area contributed by atoms with E-state index in [0.29, 0.717) is 23.8 Å². The lowest BCUT2D eigenvalue weighted by Crippen LogP contribution is -2.42. The van der Waals surface area contributed by atoms with E-state index in [0.717, 1.165) is 44.0 Å². The maximum absolute atomic E-state index is 12.3. The van der Waals surface area contributed by atoms with Gasteiger partial charge in [0.2, 0.25) is 0 Å². The van der Waals surface area contributed by atoms with E-state index in [-0.39, 0.29) is 22.4 Å². The molecule has 0 unspecified atom stereocenters. The average Bonchev–Trinajstić information content (AvgIpc) is 3.00.